The lowest BCUT2D eigenvalue weighted by Crippen LogP contribution is -2.22. The van der Waals surface area contributed by atoms with Crippen molar-refractivity contribution in [3.8, 4) is 5.75 Å². The first kappa shape index (κ1) is 20.9. The molecule has 150 valence electrons. The van der Waals surface area contributed by atoms with Crippen LogP contribution in [0.2, 0.25) is 0 Å². The van der Waals surface area contributed by atoms with Gasteiger partial charge in [-0.3, -0.25) is 4.79 Å². The van der Waals surface area contributed by atoms with Crippen LogP contribution in [0.4, 0.5) is 11.4 Å². The Kier molecular flexibility index (Phi) is 7.98. The van der Waals surface area contributed by atoms with Gasteiger partial charge < -0.3 is 15.0 Å². The summed E-state index contributed by atoms with van der Waals surface area (Å²) in [4.78, 5) is 14.4. The molecule has 1 aliphatic rings. The summed E-state index contributed by atoms with van der Waals surface area (Å²) < 4.78 is 6.16. The number of rotatable bonds is 8. The van der Waals surface area contributed by atoms with Gasteiger partial charge in [0.25, 0.3) is 5.91 Å². The highest BCUT2D eigenvalue weighted by atomic mass is 32.2. The van der Waals surface area contributed by atoms with Crippen LogP contribution in [-0.4, -0.2) is 37.1 Å². The number of hydrogen-bond acceptors (Lipinski definition) is 5. The first-order valence-corrected chi connectivity index (χ1v) is 11.9. The van der Waals surface area contributed by atoms with Gasteiger partial charge in [-0.05, 0) is 73.7 Å². The van der Waals surface area contributed by atoms with Crippen molar-refractivity contribution >= 4 is 40.8 Å². The average molecular weight is 417 g/mol. The highest BCUT2D eigenvalue weighted by Gasteiger charge is 2.16. The van der Waals surface area contributed by atoms with Crippen LogP contribution in [0.3, 0.4) is 0 Å². The smallest absolute Gasteiger partial charge is 0.262 e. The average Bonchev–Trinajstić information content (AvgIpc) is 2.75. The molecule has 1 aliphatic heterocycles. The van der Waals surface area contributed by atoms with Crippen molar-refractivity contribution in [2.24, 2.45) is 0 Å². The monoisotopic (exact) mass is 416 g/mol. The number of ether oxygens (including phenoxy) is 1. The molecule has 28 heavy (non-hydrogen) atoms. The SMILES string of the molecule is CCN(CC)c1ccc(NC(=O)COc2ccc(C3SCCCS3)cc2)cc1. The molecule has 4 nitrogen and oxygen atoms in total. The number of nitrogens with zero attached hydrogens (tertiary/aromatic N) is 1. The molecule has 2 aromatic rings. The van der Waals surface area contributed by atoms with Gasteiger partial charge in [0.15, 0.2) is 6.61 Å². The summed E-state index contributed by atoms with van der Waals surface area (Å²) in [5.74, 6) is 3.03. The molecule has 2 aromatic carbocycles. The number of benzene rings is 2. The van der Waals surface area contributed by atoms with Gasteiger partial charge in [-0.25, -0.2) is 0 Å². The van der Waals surface area contributed by atoms with E-state index in [1.54, 1.807) is 0 Å². The zero-order valence-electron chi connectivity index (χ0n) is 16.5. The fraction of sp³-hybridized carbons (Fsp3) is 0.409. The minimum atomic E-state index is -0.155. The van der Waals surface area contributed by atoms with Crippen molar-refractivity contribution < 1.29 is 9.53 Å². The van der Waals surface area contributed by atoms with E-state index in [4.69, 9.17) is 4.74 Å². The lowest BCUT2D eigenvalue weighted by atomic mass is 10.2. The van der Waals surface area contributed by atoms with Crippen molar-refractivity contribution in [1.29, 1.82) is 0 Å². The zero-order valence-corrected chi connectivity index (χ0v) is 18.2. The summed E-state index contributed by atoms with van der Waals surface area (Å²) in [5.41, 5.74) is 3.26. The third-order valence-electron chi connectivity index (χ3n) is 4.63. The molecule has 0 unspecified atom stereocenters. The van der Waals surface area contributed by atoms with Crippen LogP contribution < -0.4 is 15.0 Å². The third kappa shape index (κ3) is 5.85. The van der Waals surface area contributed by atoms with Gasteiger partial charge in [0.1, 0.15) is 5.75 Å². The fourth-order valence-electron chi connectivity index (χ4n) is 3.09. The Hall–Kier alpha value is -1.79. The molecule has 1 saturated heterocycles. The molecule has 0 bridgehead atoms. The Labute approximate surface area is 176 Å². The van der Waals surface area contributed by atoms with Crippen molar-refractivity contribution in [3.63, 3.8) is 0 Å². The fourth-order valence-corrected chi connectivity index (χ4v) is 5.99. The number of nitrogens with one attached hydrogen (secondary N) is 1. The van der Waals surface area contributed by atoms with Crippen LogP contribution in [0.25, 0.3) is 0 Å². The van der Waals surface area contributed by atoms with Crippen LogP contribution in [0.1, 0.15) is 30.4 Å². The molecule has 0 radical (unpaired) electrons. The number of amides is 1. The Balaban J connectivity index is 1.47. The normalized spacial score (nSPS) is 14.5. The molecule has 0 atom stereocenters. The summed E-state index contributed by atoms with van der Waals surface area (Å²) in [6.07, 6.45) is 1.29. The van der Waals surface area contributed by atoms with Crippen molar-refractivity contribution in [3.05, 3.63) is 54.1 Å². The van der Waals surface area contributed by atoms with Crippen LogP contribution in [-0.2, 0) is 4.79 Å². The Morgan fingerprint density at radius 2 is 1.68 bits per heavy atom. The largest absolute Gasteiger partial charge is 0.484 e. The summed E-state index contributed by atoms with van der Waals surface area (Å²) in [6.45, 7) is 6.20. The molecule has 0 saturated carbocycles. The number of carbonyl (C=O) groups excluding carboxylic acids is 1. The molecule has 1 amide bonds. The van der Waals surface area contributed by atoms with E-state index in [1.165, 1.54) is 23.5 Å². The van der Waals surface area contributed by atoms with Gasteiger partial charge in [-0.2, -0.15) is 0 Å². The van der Waals surface area contributed by atoms with E-state index in [1.807, 2.05) is 59.9 Å². The van der Waals surface area contributed by atoms with Crippen molar-refractivity contribution in [2.75, 3.05) is 41.4 Å². The Morgan fingerprint density at radius 3 is 2.29 bits per heavy atom. The van der Waals surface area contributed by atoms with E-state index in [2.05, 4.69) is 36.2 Å². The van der Waals surface area contributed by atoms with E-state index in [-0.39, 0.29) is 12.5 Å². The number of anilines is 2. The van der Waals surface area contributed by atoms with Crippen LogP contribution >= 0.6 is 23.5 Å². The van der Waals surface area contributed by atoms with Gasteiger partial charge in [-0.1, -0.05) is 12.1 Å². The highest BCUT2D eigenvalue weighted by molar-refractivity contribution is 8.16. The van der Waals surface area contributed by atoms with Gasteiger partial charge in [0.2, 0.25) is 0 Å². The van der Waals surface area contributed by atoms with Crippen molar-refractivity contribution in [1.82, 2.24) is 0 Å². The molecule has 0 spiro atoms. The molecule has 6 heteroatoms. The van der Waals surface area contributed by atoms with Gasteiger partial charge >= 0.3 is 0 Å². The van der Waals surface area contributed by atoms with Gasteiger partial charge in [0, 0.05) is 24.5 Å². The second kappa shape index (κ2) is 10.7. The van der Waals surface area contributed by atoms with E-state index < -0.39 is 0 Å². The van der Waals surface area contributed by atoms with E-state index in [9.17, 15) is 4.79 Å². The number of thioether (sulfide) groups is 2. The Morgan fingerprint density at radius 1 is 1.04 bits per heavy atom. The molecule has 1 fully saturated rings. The van der Waals surface area contributed by atoms with E-state index in [0.717, 1.165) is 30.2 Å². The van der Waals surface area contributed by atoms with Crippen molar-refractivity contribution in [2.45, 2.75) is 24.9 Å². The molecule has 0 aliphatic carbocycles. The first-order chi connectivity index (χ1) is 13.7. The quantitative estimate of drug-likeness (QED) is 0.622. The molecule has 1 heterocycles. The molecular formula is C22H28N2O2S2. The third-order valence-corrected chi connectivity index (χ3v) is 7.64. The van der Waals surface area contributed by atoms with Gasteiger partial charge in [0.05, 0.1) is 4.58 Å². The second-order valence-electron chi connectivity index (χ2n) is 6.55. The van der Waals surface area contributed by atoms with Crippen LogP contribution in [0, 0.1) is 0 Å². The predicted molar refractivity (Wildman–Crippen MR) is 123 cm³/mol. The lowest BCUT2D eigenvalue weighted by Gasteiger charge is -2.21. The molecule has 3 rings (SSSR count). The van der Waals surface area contributed by atoms with E-state index >= 15 is 0 Å². The summed E-state index contributed by atoms with van der Waals surface area (Å²) >= 11 is 4.00. The maximum absolute atomic E-state index is 12.2. The standard InChI is InChI=1S/C22H28N2O2S2/c1-3-24(4-2)19-10-8-18(9-11-19)23-21(25)16-26-20-12-6-17(7-13-20)22-27-14-5-15-28-22/h6-13,22H,3-5,14-16H2,1-2H3,(H,23,25). The summed E-state index contributed by atoms with van der Waals surface area (Å²) in [5, 5.41) is 2.89. The number of hydrogen-bond donors (Lipinski definition) is 1. The molecular weight excluding hydrogens is 388 g/mol. The van der Waals surface area contributed by atoms with Crippen LogP contribution in [0.15, 0.2) is 48.5 Å². The predicted octanol–water partition coefficient (Wildman–Crippen LogP) is 5.42. The second-order valence-corrected chi connectivity index (χ2v) is 9.28. The topological polar surface area (TPSA) is 41.6 Å². The van der Waals surface area contributed by atoms with Crippen LogP contribution in [0.5, 0.6) is 5.75 Å². The van der Waals surface area contributed by atoms with E-state index in [0.29, 0.717) is 4.58 Å². The molecule has 0 aromatic heterocycles. The highest BCUT2D eigenvalue weighted by Crippen LogP contribution is 2.43. The first-order valence-electron chi connectivity index (χ1n) is 9.80. The van der Waals surface area contributed by atoms with Gasteiger partial charge in [-0.15, -0.1) is 23.5 Å². The summed E-state index contributed by atoms with van der Waals surface area (Å²) in [6, 6.07) is 16.0. The lowest BCUT2D eigenvalue weighted by molar-refractivity contribution is -0.118. The zero-order chi connectivity index (χ0) is 19.8. The maximum atomic E-state index is 12.2. The minimum absolute atomic E-state index is 0.00404. The molecule has 1 N–H and O–H groups in total. The summed E-state index contributed by atoms with van der Waals surface area (Å²) in [7, 11) is 0. The maximum Gasteiger partial charge on any atom is 0.262 e. The number of carbonyl (C=O) groups is 1. The Bertz CT molecular complexity index is 740. The minimum Gasteiger partial charge on any atom is -0.484 e.